The molecular formula is C24H55NO4Si3. The zero-order valence-electron chi connectivity index (χ0n) is 23.6. The van der Waals surface area contributed by atoms with Crippen molar-refractivity contribution in [3.63, 3.8) is 0 Å². The van der Waals surface area contributed by atoms with Crippen molar-refractivity contribution in [1.29, 1.82) is 0 Å². The molecule has 0 aromatic carbocycles. The number of unbranched alkanes of at least 4 members (excludes halogenated alkanes) is 1. The molecule has 0 saturated heterocycles. The molecule has 0 spiro atoms. The SMILES string of the molecule is CCO[Si](C)(CCCCN(C(=O)O[Si](C(C)C)(C(C)C)C(C)C)[Si](C)(C)C)OC(C)CC. The van der Waals surface area contributed by atoms with Gasteiger partial charge in [0.15, 0.2) is 8.24 Å². The lowest BCUT2D eigenvalue weighted by Crippen LogP contribution is -2.56. The van der Waals surface area contributed by atoms with Gasteiger partial charge in [-0.15, -0.1) is 0 Å². The third-order valence-corrected chi connectivity index (χ3v) is 17.8. The van der Waals surface area contributed by atoms with E-state index in [-0.39, 0.29) is 12.2 Å². The molecule has 0 aliphatic heterocycles. The first-order chi connectivity index (χ1) is 14.6. The maximum atomic E-state index is 13.5. The highest BCUT2D eigenvalue weighted by Crippen LogP contribution is 2.42. The van der Waals surface area contributed by atoms with Crippen molar-refractivity contribution in [2.24, 2.45) is 0 Å². The van der Waals surface area contributed by atoms with Crippen LogP contribution in [-0.4, -0.2) is 55.0 Å². The van der Waals surface area contributed by atoms with Crippen LogP contribution in [0.3, 0.4) is 0 Å². The fourth-order valence-corrected chi connectivity index (χ4v) is 14.4. The summed E-state index contributed by atoms with van der Waals surface area (Å²) in [7, 11) is -6.29. The molecule has 0 aromatic heterocycles. The van der Waals surface area contributed by atoms with Crippen molar-refractivity contribution in [3.05, 3.63) is 0 Å². The van der Waals surface area contributed by atoms with E-state index in [1.54, 1.807) is 0 Å². The third-order valence-electron chi connectivity index (χ3n) is 6.74. The number of nitrogens with zero attached hydrogens (tertiary/aromatic N) is 1. The molecule has 192 valence electrons. The Morgan fingerprint density at radius 3 is 1.72 bits per heavy atom. The van der Waals surface area contributed by atoms with Crippen LogP contribution in [0.25, 0.3) is 0 Å². The Bertz CT molecular complexity index is 530. The second kappa shape index (κ2) is 13.7. The van der Waals surface area contributed by atoms with Gasteiger partial charge in [-0.3, -0.25) is 0 Å². The highest BCUT2D eigenvalue weighted by atomic mass is 28.4. The largest absolute Gasteiger partial charge is 0.503 e. The first-order valence-electron chi connectivity index (χ1n) is 12.9. The average Bonchev–Trinajstić information content (AvgIpc) is 2.63. The summed E-state index contributed by atoms with van der Waals surface area (Å²) in [4.78, 5) is 13.5. The van der Waals surface area contributed by atoms with Gasteiger partial charge in [-0.05, 0) is 62.3 Å². The molecule has 0 saturated carbocycles. The number of hydrogen-bond acceptors (Lipinski definition) is 4. The van der Waals surface area contributed by atoms with Crippen LogP contribution in [0, 0.1) is 0 Å². The number of hydrogen-bond donors (Lipinski definition) is 0. The molecule has 0 heterocycles. The fourth-order valence-electron chi connectivity index (χ4n) is 4.96. The van der Waals surface area contributed by atoms with Gasteiger partial charge >= 0.3 is 14.7 Å². The number of carbonyl (C=O) groups excluding carboxylic acids is 1. The van der Waals surface area contributed by atoms with E-state index in [1.165, 1.54) is 0 Å². The van der Waals surface area contributed by atoms with E-state index < -0.39 is 25.1 Å². The van der Waals surface area contributed by atoms with E-state index in [1.807, 2.05) is 6.92 Å². The van der Waals surface area contributed by atoms with Gasteiger partial charge in [0.25, 0.3) is 8.32 Å². The van der Waals surface area contributed by atoms with Crippen LogP contribution >= 0.6 is 0 Å². The first-order valence-corrected chi connectivity index (χ1v) is 21.0. The number of carbonyl (C=O) groups is 1. The van der Waals surface area contributed by atoms with Crippen molar-refractivity contribution in [2.45, 2.75) is 137 Å². The highest BCUT2D eigenvalue weighted by Gasteiger charge is 2.49. The van der Waals surface area contributed by atoms with Crippen LogP contribution in [0.4, 0.5) is 4.79 Å². The van der Waals surface area contributed by atoms with E-state index in [2.05, 4.69) is 86.1 Å². The Hall–Kier alpha value is -0.159. The number of rotatable bonds is 15. The van der Waals surface area contributed by atoms with Gasteiger partial charge in [-0.2, -0.15) is 0 Å². The summed E-state index contributed by atoms with van der Waals surface area (Å²) in [5.74, 6) is 0. The van der Waals surface area contributed by atoms with Gasteiger partial charge in [0.05, 0.1) is 0 Å². The second-order valence-corrected chi connectivity index (χ2v) is 24.9. The summed E-state index contributed by atoms with van der Waals surface area (Å²) in [6.07, 6.45) is 3.12. The van der Waals surface area contributed by atoms with Crippen molar-refractivity contribution in [1.82, 2.24) is 4.57 Å². The molecule has 0 fully saturated rings. The predicted molar refractivity (Wildman–Crippen MR) is 146 cm³/mol. The predicted octanol–water partition coefficient (Wildman–Crippen LogP) is 8.14. The van der Waals surface area contributed by atoms with E-state index in [9.17, 15) is 4.79 Å². The lowest BCUT2D eigenvalue weighted by molar-refractivity contribution is 0.127. The van der Waals surface area contributed by atoms with Gasteiger partial charge in [-0.1, -0.05) is 68.1 Å². The molecule has 2 atom stereocenters. The first kappa shape index (κ1) is 31.8. The van der Waals surface area contributed by atoms with Crippen molar-refractivity contribution in [3.8, 4) is 0 Å². The number of amides is 1. The van der Waals surface area contributed by atoms with Crippen LogP contribution in [0.2, 0.25) is 48.9 Å². The lowest BCUT2D eigenvalue weighted by atomic mass is 10.3. The van der Waals surface area contributed by atoms with E-state index in [4.69, 9.17) is 13.3 Å². The molecule has 0 N–H and O–H groups in total. The zero-order valence-corrected chi connectivity index (χ0v) is 26.6. The summed E-state index contributed by atoms with van der Waals surface area (Å²) in [5.41, 5.74) is 1.18. The minimum absolute atomic E-state index is 0.0763. The van der Waals surface area contributed by atoms with E-state index in [0.717, 1.165) is 31.9 Å². The lowest BCUT2D eigenvalue weighted by Gasteiger charge is -2.44. The Labute approximate surface area is 203 Å². The fraction of sp³-hybridized carbons (Fsp3) is 0.958. The highest BCUT2D eigenvalue weighted by molar-refractivity contribution is 6.80. The second-order valence-electron chi connectivity index (χ2n) is 11.4. The molecule has 1 amide bonds. The Morgan fingerprint density at radius 2 is 1.34 bits per heavy atom. The summed E-state index contributed by atoms with van der Waals surface area (Å²) < 4.78 is 21.0. The summed E-state index contributed by atoms with van der Waals surface area (Å²) in [6, 6.07) is 0.961. The van der Waals surface area contributed by atoms with Crippen LogP contribution in [0.5, 0.6) is 0 Å². The summed E-state index contributed by atoms with van der Waals surface area (Å²) >= 11 is 0. The van der Waals surface area contributed by atoms with Gasteiger partial charge < -0.3 is 17.8 Å². The Kier molecular flexibility index (Phi) is 13.6. The maximum Gasteiger partial charge on any atom is 0.388 e. The van der Waals surface area contributed by atoms with Crippen molar-refractivity contribution < 1.29 is 18.1 Å². The molecule has 8 heteroatoms. The van der Waals surface area contributed by atoms with Gasteiger partial charge in [0.1, 0.15) is 0 Å². The molecular weight excluding hydrogens is 451 g/mol. The summed E-state index contributed by atoms with van der Waals surface area (Å²) in [5, 5.41) is 0. The Balaban J connectivity index is 5.32. The molecule has 0 bridgehead atoms. The third kappa shape index (κ3) is 9.24. The quantitative estimate of drug-likeness (QED) is 0.166. The van der Waals surface area contributed by atoms with E-state index >= 15 is 0 Å². The van der Waals surface area contributed by atoms with Crippen molar-refractivity contribution >= 4 is 31.2 Å². The standard InChI is InChI=1S/C24H55NO4Si3/c1-14-23(9)28-31(13,27-15-2)19-17-16-18-25(30(10,11)12)24(26)29-32(20(3)4,21(5)6)22(7)8/h20-23H,14-19H2,1-13H3. The van der Waals surface area contributed by atoms with E-state index in [0.29, 0.717) is 23.2 Å². The van der Waals surface area contributed by atoms with Gasteiger partial charge in [0.2, 0.25) is 0 Å². The monoisotopic (exact) mass is 505 g/mol. The van der Waals surface area contributed by atoms with Crippen LogP contribution in [-0.2, 0) is 13.3 Å². The molecule has 0 aliphatic rings. The molecule has 0 aliphatic carbocycles. The van der Waals surface area contributed by atoms with Crippen LogP contribution in [0.15, 0.2) is 0 Å². The maximum absolute atomic E-state index is 13.5. The molecule has 0 rings (SSSR count). The van der Waals surface area contributed by atoms with Crippen LogP contribution < -0.4 is 0 Å². The molecule has 5 nitrogen and oxygen atoms in total. The van der Waals surface area contributed by atoms with Crippen molar-refractivity contribution in [2.75, 3.05) is 13.2 Å². The zero-order chi connectivity index (χ0) is 25.3. The molecule has 0 aromatic rings. The minimum atomic E-state index is -2.25. The minimum Gasteiger partial charge on any atom is -0.503 e. The topological polar surface area (TPSA) is 48.0 Å². The van der Waals surface area contributed by atoms with Gasteiger partial charge in [-0.25, -0.2) is 4.79 Å². The van der Waals surface area contributed by atoms with Gasteiger partial charge in [0, 0.05) is 19.3 Å². The Morgan fingerprint density at radius 1 is 0.844 bits per heavy atom. The average molecular weight is 506 g/mol. The smallest absolute Gasteiger partial charge is 0.388 e. The molecule has 2 unspecified atom stereocenters. The molecule has 0 radical (unpaired) electrons. The normalized spacial score (nSPS) is 15.9. The molecule has 32 heavy (non-hydrogen) atoms. The van der Waals surface area contributed by atoms with Crippen LogP contribution in [0.1, 0.15) is 81.6 Å². The summed E-state index contributed by atoms with van der Waals surface area (Å²) in [6.45, 7) is 30.1.